The van der Waals surface area contributed by atoms with Crippen molar-refractivity contribution in [1.82, 2.24) is 10.3 Å². The second-order valence-electron chi connectivity index (χ2n) is 4.78. The standard InChI is InChI=1S/C16H22N2O2/c1-14(19)7-4-2-3-5-12-18-16(20)10-9-15-8-6-11-17-13-15/h6,8-11,13H,2-5,7,12H2,1H3,(H,18,20)/b10-9+. The first-order chi connectivity index (χ1) is 9.68. The molecule has 0 saturated carbocycles. The topological polar surface area (TPSA) is 59.1 Å². The van der Waals surface area contributed by atoms with Crippen LogP contribution >= 0.6 is 0 Å². The van der Waals surface area contributed by atoms with Crippen LogP contribution in [0.15, 0.2) is 30.6 Å². The summed E-state index contributed by atoms with van der Waals surface area (Å²) < 4.78 is 0. The zero-order valence-electron chi connectivity index (χ0n) is 12.0. The van der Waals surface area contributed by atoms with Gasteiger partial charge in [-0.25, -0.2) is 0 Å². The smallest absolute Gasteiger partial charge is 0.243 e. The molecular formula is C16H22N2O2. The summed E-state index contributed by atoms with van der Waals surface area (Å²) in [5.74, 6) is 0.163. The summed E-state index contributed by atoms with van der Waals surface area (Å²) in [7, 11) is 0. The Kier molecular flexibility index (Phi) is 7.96. The molecule has 1 aromatic rings. The number of hydrogen-bond donors (Lipinski definition) is 1. The van der Waals surface area contributed by atoms with Crippen molar-refractivity contribution in [3.8, 4) is 0 Å². The third-order valence-electron chi connectivity index (χ3n) is 2.87. The molecular weight excluding hydrogens is 252 g/mol. The van der Waals surface area contributed by atoms with Crippen molar-refractivity contribution < 1.29 is 9.59 Å². The number of Topliss-reactive ketones (excluding diaryl/α,β-unsaturated/α-hetero) is 1. The Balaban J connectivity index is 2.06. The molecule has 0 bridgehead atoms. The lowest BCUT2D eigenvalue weighted by Gasteiger charge is -2.02. The lowest BCUT2D eigenvalue weighted by Crippen LogP contribution is -2.21. The van der Waals surface area contributed by atoms with Gasteiger partial charge < -0.3 is 10.1 Å². The van der Waals surface area contributed by atoms with Gasteiger partial charge in [-0.3, -0.25) is 9.78 Å². The number of carbonyl (C=O) groups is 2. The fourth-order valence-electron chi connectivity index (χ4n) is 1.77. The maximum Gasteiger partial charge on any atom is 0.243 e. The van der Waals surface area contributed by atoms with E-state index in [1.54, 1.807) is 25.4 Å². The lowest BCUT2D eigenvalue weighted by molar-refractivity contribution is -0.117. The number of rotatable bonds is 9. The lowest BCUT2D eigenvalue weighted by atomic mass is 10.1. The Hall–Kier alpha value is -1.97. The minimum Gasteiger partial charge on any atom is -0.353 e. The predicted molar refractivity (Wildman–Crippen MR) is 80.0 cm³/mol. The van der Waals surface area contributed by atoms with Crippen molar-refractivity contribution in [1.29, 1.82) is 0 Å². The normalized spacial score (nSPS) is 10.7. The fraction of sp³-hybridized carbons (Fsp3) is 0.438. The molecule has 1 rings (SSSR count). The first-order valence-electron chi connectivity index (χ1n) is 7.04. The number of ketones is 1. The summed E-state index contributed by atoms with van der Waals surface area (Å²) in [5.41, 5.74) is 0.909. The van der Waals surface area contributed by atoms with Crippen molar-refractivity contribution in [3.63, 3.8) is 0 Å². The van der Waals surface area contributed by atoms with Gasteiger partial charge in [-0.15, -0.1) is 0 Å². The molecule has 0 radical (unpaired) electrons. The van der Waals surface area contributed by atoms with Gasteiger partial charge in [0, 0.05) is 31.4 Å². The van der Waals surface area contributed by atoms with E-state index in [1.165, 1.54) is 6.08 Å². The molecule has 1 heterocycles. The minimum absolute atomic E-state index is 0.0856. The van der Waals surface area contributed by atoms with Crippen LogP contribution in [0.4, 0.5) is 0 Å². The summed E-state index contributed by atoms with van der Waals surface area (Å²) in [6, 6.07) is 3.73. The van der Waals surface area contributed by atoms with Gasteiger partial charge in [0.1, 0.15) is 5.78 Å². The van der Waals surface area contributed by atoms with E-state index >= 15 is 0 Å². The van der Waals surface area contributed by atoms with Crippen LogP contribution in [0.25, 0.3) is 6.08 Å². The average molecular weight is 274 g/mol. The molecule has 0 aromatic carbocycles. The largest absolute Gasteiger partial charge is 0.353 e. The van der Waals surface area contributed by atoms with Crippen LogP contribution in [0, 0.1) is 0 Å². The number of nitrogens with one attached hydrogen (secondary N) is 1. The first kappa shape index (κ1) is 16.1. The van der Waals surface area contributed by atoms with Gasteiger partial charge in [0.15, 0.2) is 0 Å². The van der Waals surface area contributed by atoms with Crippen LogP contribution < -0.4 is 5.32 Å². The molecule has 0 aliphatic heterocycles. The Bertz CT molecular complexity index is 441. The summed E-state index contributed by atoms with van der Waals surface area (Å²) >= 11 is 0. The van der Waals surface area contributed by atoms with E-state index in [9.17, 15) is 9.59 Å². The highest BCUT2D eigenvalue weighted by Crippen LogP contribution is 2.03. The summed E-state index contributed by atoms with van der Waals surface area (Å²) in [6.07, 6.45) is 11.3. The van der Waals surface area contributed by atoms with E-state index in [-0.39, 0.29) is 11.7 Å². The van der Waals surface area contributed by atoms with Crippen LogP contribution in [-0.2, 0) is 9.59 Å². The Morgan fingerprint density at radius 2 is 2.05 bits per heavy atom. The average Bonchev–Trinajstić information content (AvgIpc) is 2.45. The predicted octanol–water partition coefficient (Wildman–Crippen LogP) is 2.75. The molecule has 1 amide bonds. The third kappa shape index (κ3) is 8.19. The van der Waals surface area contributed by atoms with E-state index in [2.05, 4.69) is 10.3 Å². The molecule has 0 fully saturated rings. The Morgan fingerprint density at radius 3 is 2.75 bits per heavy atom. The van der Waals surface area contributed by atoms with Crippen molar-refractivity contribution in [3.05, 3.63) is 36.2 Å². The summed E-state index contributed by atoms with van der Waals surface area (Å²) in [4.78, 5) is 26.2. The second kappa shape index (κ2) is 9.89. The third-order valence-corrected chi connectivity index (χ3v) is 2.87. The monoisotopic (exact) mass is 274 g/mol. The van der Waals surface area contributed by atoms with Gasteiger partial charge in [-0.1, -0.05) is 18.9 Å². The van der Waals surface area contributed by atoms with E-state index in [0.29, 0.717) is 13.0 Å². The van der Waals surface area contributed by atoms with Crippen LogP contribution in [0.1, 0.15) is 44.6 Å². The van der Waals surface area contributed by atoms with Crippen molar-refractivity contribution >= 4 is 17.8 Å². The number of nitrogens with zero attached hydrogens (tertiary/aromatic N) is 1. The van der Waals surface area contributed by atoms with Crippen LogP contribution in [-0.4, -0.2) is 23.2 Å². The molecule has 108 valence electrons. The molecule has 1 aromatic heterocycles. The molecule has 0 aliphatic carbocycles. The van der Waals surface area contributed by atoms with Gasteiger partial charge in [0.25, 0.3) is 0 Å². The molecule has 4 nitrogen and oxygen atoms in total. The summed E-state index contributed by atoms with van der Waals surface area (Å²) in [6.45, 7) is 2.30. The zero-order chi connectivity index (χ0) is 14.6. The molecule has 0 saturated heterocycles. The van der Waals surface area contributed by atoms with Crippen LogP contribution in [0.2, 0.25) is 0 Å². The molecule has 4 heteroatoms. The van der Waals surface area contributed by atoms with Gasteiger partial charge in [0.2, 0.25) is 5.91 Å². The van der Waals surface area contributed by atoms with E-state index < -0.39 is 0 Å². The number of pyridine rings is 1. The SMILES string of the molecule is CC(=O)CCCCCCNC(=O)/C=C/c1cccnc1. The molecule has 0 aliphatic rings. The van der Waals surface area contributed by atoms with Crippen LogP contribution in [0.5, 0.6) is 0 Å². The van der Waals surface area contributed by atoms with Gasteiger partial charge in [-0.2, -0.15) is 0 Å². The number of hydrogen-bond acceptors (Lipinski definition) is 3. The van der Waals surface area contributed by atoms with Crippen molar-refractivity contribution in [2.24, 2.45) is 0 Å². The molecule has 1 N–H and O–H groups in total. The quantitative estimate of drug-likeness (QED) is 0.556. The highest BCUT2D eigenvalue weighted by molar-refractivity contribution is 5.91. The highest BCUT2D eigenvalue weighted by Gasteiger charge is 1.96. The molecule has 0 unspecified atom stereocenters. The van der Waals surface area contributed by atoms with Crippen LogP contribution in [0.3, 0.4) is 0 Å². The van der Waals surface area contributed by atoms with E-state index in [0.717, 1.165) is 31.2 Å². The number of unbranched alkanes of at least 4 members (excludes halogenated alkanes) is 3. The molecule has 20 heavy (non-hydrogen) atoms. The van der Waals surface area contributed by atoms with Crippen molar-refractivity contribution in [2.45, 2.75) is 39.0 Å². The summed E-state index contributed by atoms with van der Waals surface area (Å²) in [5, 5.41) is 2.84. The maximum atomic E-state index is 11.5. The Morgan fingerprint density at radius 1 is 1.25 bits per heavy atom. The number of aromatic nitrogens is 1. The minimum atomic E-state index is -0.0856. The zero-order valence-corrected chi connectivity index (χ0v) is 12.0. The van der Waals surface area contributed by atoms with E-state index in [1.807, 2.05) is 12.1 Å². The fourth-order valence-corrected chi connectivity index (χ4v) is 1.77. The highest BCUT2D eigenvalue weighted by atomic mass is 16.1. The first-order valence-corrected chi connectivity index (χ1v) is 7.04. The second-order valence-corrected chi connectivity index (χ2v) is 4.78. The van der Waals surface area contributed by atoms with Crippen molar-refractivity contribution in [2.75, 3.05) is 6.54 Å². The maximum absolute atomic E-state index is 11.5. The van der Waals surface area contributed by atoms with Gasteiger partial charge >= 0.3 is 0 Å². The Labute approximate surface area is 120 Å². The van der Waals surface area contributed by atoms with Gasteiger partial charge in [-0.05, 0) is 37.5 Å². The molecule has 0 atom stereocenters. The number of carbonyl (C=O) groups excluding carboxylic acids is 2. The number of amides is 1. The van der Waals surface area contributed by atoms with Gasteiger partial charge in [0.05, 0.1) is 0 Å². The molecule has 0 spiro atoms. The van der Waals surface area contributed by atoms with E-state index in [4.69, 9.17) is 0 Å².